The molecule has 16 heavy (non-hydrogen) atoms. The molecule has 0 spiro atoms. The Morgan fingerprint density at radius 2 is 2.25 bits per heavy atom. The van der Waals surface area contributed by atoms with Crippen LogP contribution in [0, 0.1) is 6.92 Å². The molecule has 1 heterocycles. The Kier molecular flexibility index (Phi) is 4.91. The van der Waals surface area contributed by atoms with E-state index >= 15 is 0 Å². The second-order valence-electron chi connectivity index (χ2n) is 3.96. The molecule has 0 fully saturated rings. The number of nitrogens with two attached hydrogens (primary N) is 1. The summed E-state index contributed by atoms with van der Waals surface area (Å²) in [6, 6.07) is 2.10. The molecule has 0 saturated carbocycles. The van der Waals surface area contributed by atoms with E-state index in [1.807, 2.05) is 18.4 Å². The largest absolute Gasteiger partial charge is 0.271 e. The predicted octanol–water partition coefficient (Wildman–Crippen LogP) is 1.39. The minimum Gasteiger partial charge on any atom is -0.271 e. The summed E-state index contributed by atoms with van der Waals surface area (Å²) >= 11 is 1.65. The quantitative estimate of drug-likeness (QED) is 0.600. The second-order valence-corrected chi connectivity index (χ2v) is 7.17. The number of hydrazine groups is 1. The van der Waals surface area contributed by atoms with Crippen LogP contribution in [0.15, 0.2) is 11.4 Å². The standard InChI is InChI=1S/C10H18N2O2S2/c1-8-5-6-15-10(8)9(12-11)4-3-7-16(2,13)14/h5-6,9,12H,3-4,7,11H2,1-2H3. The molecule has 6 heteroatoms. The second kappa shape index (κ2) is 5.77. The fourth-order valence-corrected chi connectivity index (χ4v) is 3.30. The molecule has 0 aromatic carbocycles. The van der Waals surface area contributed by atoms with Crippen molar-refractivity contribution in [3.05, 3.63) is 21.9 Å². The van der Waals surface area contributed by atoms with E-state index in [0.29, 0.717) is 6.42 Å². The average molecular weight is 262 g/mol. The number of rotatable bonds is 6. The van der Waals surface area contributed by atoms with Gasteiger partial charge < -0.3 is 0 Å². The molecule has 1 aromatic rings. The van der Waals surface area contributed by atoms with E-state index in [1.54, 1.807) is 11.3 Å². The van der Waals surface area contributed by atoms with Gasteiger partial charge in [0.05, 0.1) is 6.04 Å². The van der Waals surface area contributed by atoms with Crippen LogP contribution in [0.25, 0.3) is 0 Å². The van der Waals surface area contributed by atoms with Gasteiger partial charge in [-0.1, -0.05) is 0 Å². The van der Waals surface area contributed by atoms with Gasteiger partial charge in [-0.3, -0.25) is 11.3 Å². The van der Waals surface area contributed by atoms with Gasteiger partial charge in [0.2, 0.25) is 0 Å². The van der Waals surface area contributed by atoms with E-state index in [2.05, 4.69) is 5.43 Å². The van der Waals surface area contributed by atoms with E-state index in [9.17, 15) is 8.42 Å². The summed E-state index contributed by atoms with van der Waals surface area (Å²) in [6.45, 7) is 2.03. The maximum Gasteiger partial charge on any atom is 0.147 e. The normalized spacial score (nSPS) is 13.9. The summed E-state index contributed by atoms with van der Waals surface area (Å²) in [7, 11) is -2.87. The first kappa shape index (κ1) is 13.6. The lowest BCUT2D eigenvalue weighted by Crippen LogP contribution is -2.28. The summed E-state index contributed by atoms with van der Waals surface area (Å²) in [5.41, 5.74) is 3.95. The SMILES string of the molecule is Cc1ccsc1C(CCCS(C)(=O)=O)NN. The maximum absolute atomic E-state index is 11.0. The first-order valence-corrected chi connectivity index (χ1v) is 8.06. The first-order valence-electron chi connectivity index (χ1n) is 5.12. The van der Waals surface area contributed by atoms with Gasteiger partial charge >= 0.3 is 0 Å². The summed E-state index contributed by atoms with van der Waals surface area (Å²) in [6.07, 6.45) is 2.63. The van der Waals surface area contributed by atoms with Gasteiger partial charge in [0.15, 0.2) is 0 Å². The van der Waals surface area contributed by atoms with Gasteiger partial charge in [-0.05, 0) is 36.8 Å². The van der Waals surface area contributed by atoms with Crippen LogP contribution >= 0.6 is 11.3 Å². The van der Waals surface area contributed by atoms with Crippen molar-refractivity contribution in [2.75, 3.05) is 12.0 Å². The highest BCUT2D eigenvalue weighted by molar-refractivity contribution is 7.90. The number of hydrogen-bond acceptors (Lipinski definition) is 5. The molecule has 0 saturated heterocycles. The molecule has 1 atom stereocenters. The molecule has 1 rings (SSSR count). The van der Waals surface area contributed by atoms with Crippen molar-refractivity contribution in [2.24, 2.45) is 5.84 Å². The molecule has 0 radical (unpaired) electrons. The minimum absolute atomic E-state index is 0.0572. The average Bonchev–Trinajstić information content (AvgIpc) is 2.58. The highest BCUT2D eigenvalue weighted by atomic mass is 32.2. The van der Waals surface area contributed by atoms with Gasteiger partial charge in [-0.2, -0.15) is 0 Å². The zero-order valence-electron chi connectivity index (χ0n) is 9.56. The number of thiophene rings is 1. The molecule has 3 N–H and O–H groups in total. The molecule has 0 amide bonds. The molecular formula is C10H18N2O2S2. The number of sulfone groups is 1. The molecule has 0 aliphatic rings. The van der Waals surface area contributed by atoms with Crippen molar-refractivity contribution in [1.82, 2.24) is 5.43 Å². The molecule has 0 aliphatic heterocycles. The van der Waals surface area contributed by atoms with Crippen LogP contribution in [0.2, 0.25) is 0 Å². The Morgan fingerprint density at radius 3 is 2.69 bits per heavy atom. The van der Waals surface area contributed by atoms with Crippen LogP contribution in [-0.2, 0) is 9.84 Å². The van der Waals surface area contributed by atoms with E-state index in [4.69, 9.17) is 5.84 Å². The third-order valence-corrected chi connectivity index (χ3v) is 4.59. The zero-order chi connectivity index (χ0) is 12.2. The van der Waals surface area contributed by atoms with Crippen molar-refractivity contribution in [3.63, 3.8) is 0 Å². The van der Waals surface area contributed by atoms with Crippen LogP contribution in [0.3, 0.4) is 0 Å². The first-order chi connectivity index (χ1) is 7.44. The van der Waals surface area contributed by atoms with Gasteiger partial charge in [0.25, 0.3) is 0 Å². The fraction of sp³-hybridized carbons (Fsp3) is 0.600. The van der Waals surface area contributed by atoms with Gasteiger partial charge in [0, 0.05) is 16.9 Å². The third kappa shape index (κ3) is 4.21. The highest BCUT2D eigenvalue weighted by Crippen LogP contribution is 2.26. The van der Waals surface area contributed by atoms with E-state index in [-0.39, 0.29) is 11.8 Å². The molecule has 0 bridgehead atoms. The summed E-state index contributed by atoms with van der Waals surface area (Å²) in [4.78, 5) is 1.19. The lowest BCUT2D eigenvalue weighted by atomic mass is 10.1. The Morgan fingerprint density at radius 1 is 1.56 bits per heavy atom. The predicted molar refractivity (Wildman–Crippen MR) is 68.1 cm³/mol. The van der Waals surface area contributed by atoms with Gasteiger partial charge in [-0.15, -0.1) is 11.3 Å². The third-order valence-electron chi connectivity index (χ3n) is 2.43. The van der Waals surface area contributed by atoms with E-state index in [0.717, 1.165) is 6.42 Å². The Bertz CT molecular complexity index is 426. The minimum atomic E-state index is -2.87. The van der Waals surface area contributed by atoms with Crippen LogP contribution in [-0.4, -0.2) is 20.4 Å². The summed E-state index contributed by atoms with van der Waals surface area (Å²) < 4.78 is 22.0. The lowest BCUT2D eigenvalue weighted by Gasteiger charge is -2.15. The zero-order valence-corrected chi connectivity index (χ0v) is 11.2. The molecule has 0 aliphatic carbocycles. The number of nitrogens with one attached hydrogen (secondary N) is 1. The monoisotopic (exact) mass is 262 g/mol. The number of aryl methyl sites for hydroxylation is 1. The van der Waals surface area contributed by atoms with Crippen LogP contribution in [0.5, 0.6) is 0 Å². The van der Waals surface area contributed by atoms with Crippen molar-refractivity contribution in [1.29, 1.82) is 0 Å². The molecule has 1 aromatic heterocycles. The van der Waals surface area contributed by atoms with Crippen LogP contribution in [0.4, 0.5) is 0 Å². The summed E-state index contributed by atoms with van der Waals surface area (Å²) in [5, 5.41) is 2.02. The van der Waals surface area contributed by atoms with Crippen molar-refractivity contribution < 1.29 is 8.42 Å². The summed E-state index contributed by atoms with van der Waals surface area (Å²) in [5.74, 6) is 5.71. The van der Waals surface area contributed by atoms with Crippen molar-refractivity contribution >= 4 is 21.2 Å². The Hall–Kier alpha value is -0.430. The maximum atomic E-state index is 11.0. The topological polar surface area (TPSA) is 72.2 Å². The molecule has 1 unspecified atom stereocenters. The Balaban J connectivity index is 2.54. The van der Waals surface area contributed by atoms with Crippen molar-refractivity contribution in [2.45, 2.75) is 25.8 Å². The van der Waals surface area contributed by atoms with E-state index in [1.165, 1.54) is 16.7 Å². The van der Waals surface area contributed by atoms with Crippen LogP contribution < -0.4 is 11.3 Å². The van der Waals surface area contributed by atoms with Gasteiger partial charge in [-0.25, -0.2) is 8.42 Å². The molecular weight excluding hydrogens is 244 g/mol. The number of hydrogen-bond donors (Lipinski definition) is 2. The lowest BCUT2D eigenvalue weighted by molar-refractivity contribution is 0.513. The molecule has 4 nitrogen and oxygen atoms in total. The smallest absolute Gasteiger partial charge is 0.147 e. The van der Waals surface area contributed by atoms with E-state index < -0.39 is 9.84 Å². The van der Waals surface area contributed by atoms with Gasteiger partial charge in [0.1, 0.15) is 9.84 Å². The fourth-order valence-electron chi connectivity index (χ4n) is 1.58. The molecule has 92 valence electrons. The van der Waals surface area contributed by atoms with Crippen molar-refractivity contribution in [3.8, 4) is 0 Å². The van der Waals surface area contributed by atoms with Crippen LogP contribution in [0.1, 0.15) is 29.3 Å². The Labute approximate surface area is 101 Å². The highest BCUT2D eigenvalue weighted by Gasteiger charge is 2.14.